The van der Waals surface area contributed by atoms with E-state index in [0.717, 1.165) is 13.0 Å². The largest absolute Gasteiger partial charge is 0.396 e. The molecule has 0 amide bonds. The minimum Gasteiger partial charge on any atom is -0.396 e. The Hall–Kier alpha value is -0.380. The van der Waals surface area contributed by atoms with Gasteiger partial charge in [0, 0.05) is 12.0 Å². The SMILES string of the molecule is C/C=C/CCNCC(C)(CO)CO. The molecule has 0 aromatic carbocycles. The molecular formula is C10H21NO2. The summed E-state index contributed by atoms with van der Waals surface area (Å²) in [5, 5.41) is 21.1. The first-order valence-electron chi connectivity index (χ1n) is 4.72. The average molecular weight is 187 g/mol. The molecule has 0 bridgehead atoms. The monoisotopic (exact) mass is 187 g/mol. The minimum absolute atomic E-state index is 0.0140. The molecule has 0 saturated carbocycles. The molecule has 0 unspecified atom stereocenters. The van der Waals surface area contributed by atoms with Gasteiger partial charge < -0.3 is 15.5 Å². The third-order valence-corrected chi connectivity index (χ3v) is 2.04. The minimum atomic E-state index is -0.393. The first-order chi connectivity index (χ1) is 6.18. The van der Waals surface area contributed by atoms with Crippen molar-refractivity contribution < 1.29 is 10.2 Å². The van der Waals surface area contributed by atoms with Crippen molar-refractivity contribution >= 4 is 0 Å². The van der Waals surface area contributed by atoms with E-state index in [9.17, 15) is 0 Å². The lowest BCUT2D eigenvalue weighted by Crippen LogP contribution is -2.38. The van der Waals surface area contributed by atoms with E-state index in [-0.39, 0.29) is 13.2 Å². The quantitative estimate of drug-likeness (QED) is 0.402. The molecule has 0 aromatic heterocycles. The fraction of sp³-hybridized carbons (Fsp3) is 0.800. The zero-order valence-electron chi connectivity index (χ0n) is 8.58. The van der Waals surface area contributed by atoms with Gasteiger partial charge in [-0.1, -0.05) is 19.1 Å². The van der Waals surface area contributed by atoms with Crippen LogP contribution in [0, 0.1) is 5.41 Å². The van der Waals surface area contributed by atoms with E-state index in [0.29, 0.717) is 6.54 Å². The Morgan fingerprint density at radius 3 is 2.38 bits per heavy atom. The molecule has 0 radical (unpaired) electrons. The summed E-state index contributed by atoms with van der Waals surface area (Å²) in [5.41, 5.74) is -0.393. The Morgan fingerprint density at radius 1 is 1.31 bits per heavy atom. The van der Waals surface area contributed by atoms with Gasteiger partial charge in [-0.3, -0.25) is 0 Å². The smallest absolute Gasteiger partial charge is 0.0518 e. The second kappa shape index (κ2) is 7.06. The summed E-state index contributed by atoms with van der Waals surface area (Å²) in [6, 6.07) is 0. The van der Waals surface area contributed by atoms with Crippen molar-refractivity contribution in [2.24, 2.45) is 5.41 Å². The van der Waals surface area contributed by atoms with Gasteiger partial charge in [0.1, 0.15) is 0 Å². The van der Waals surface area contributed by atoms with E-state index >= 15 is 0 Å². The second-order valence-corrected chi connectivity index (χ2v) is 3.66. The number of aliphatic hydroxyl groups excluding tert-OH is 2. The van der Waals surface area contributed by atoms with Crippen molar-refractivity contribution in [3.8, 4) is 0 Å². The van der Waals surface area contributed by atoms with E-state index in [2.05, 4.69) is 11.4 Å². The van der Waals surface area contributed by atoms with E-state index < -0.39 is 5.41 Å². The molecule has 78 valence electrons. The molecule has 0 spiro atoms. The molecule has 0 aliphatic heterocycles. The van der Waals surface area contributed by atoms with Crippen LogP contribution in [0.5, 0.6) is 0 Å². The molecule has 0 aliphatic rings. The van der Waals surface area contributed by atoms with Crippen LogP contribution in [0.2, 0.25) is 0 Å². The Bertz CT molecular complexity index is 142. The van der Waals surface area contributed by atoms with Gasteiger partial charge in [-0.25, -0.2) is 0 Å². The second-order valence-electron chi connectivity index (χ2n) is 3.66. The zero-order valence-corrected chi connectivity index (χ0v) is 8.58. The van der Waals surface area contributed by atoms with Gasteiger partial charge in [-0.2, -0.15) is 0 Å². The van der Waals surface area contributed by atoms with Gasteiger partial charge in [0.05, 0.1) is 13.2 Å². The van der Waals surface area contributed by atoms with Crippen molar-refractivity contribution in [1.82, 2.24) is 5.32 Å². The predicted molar refractivity (Wildman–Crippen MR) is 54.6 cm³/mol. The normalized spacial score (nSPS) is 12.6. The number of hydrogen-bond donors (Lipinski definition) is 3. The van der Waals surface area contributed by atoms with E-state index in [1.165, 1.54) is 0 Å². The molecular weight excluding hydrogens is 166 g/mol. The molecule has 0 aromatic rings. The number of nitrogens with one attached hydrogen (secondary N) is 1. The lowest BCUT2D eigenvalue weighted by molar-refractivity contribution is 0.0700. The maximum absolute atomic E-state index is 8.97. The van der Waals surface area contributed by atoms with E-state index in [1.54, 1.807) is 0 Å². The summed E-state index contributed by atoms with van der Waals surface area (Å²) in [6.07, 6.45) is 5.09. The lowest BCUT2D eigenvalue weighted by atomic mass is 9.93. The van der Waals surface area contributed by atoms with Gasteiger partial charge in [0.25, 0.3) is 0 Å². The zero-order chi connectivity index (χ0) is 10.2. The van der Waals surface area contributed by atoms with Gasteiger partial charge >= 0.3 is 0 Å². The highest BCUT2D eigenvalue weighted by Gasteiger charge is 2.21. The van der Waals surface area contributed by atoms with Crippen LogP contribution in [0.3, 0.4) is 0 Å². The van der Waals surface area contributed by atoms with Crippen LogP contribution in [-0.2, 0) is 0 Å². The Labute approximate surface area is 80.5 Å². The van der Waals surface area contributed by atoms with E-state index in [1.807, 2.05) is 19.9 Å². The fourth-order valence-electron chi connectivity index (χ4n) is 0.904. The van der Waals surface area contributed by atoms with Crippen molar-refractivity contribution in [2.45, 2.75) is 20.3 Å². The van der Waals surface area contributed by atoms with Crippen LogP contribution in [0.15, 0.2) is 12.2 Å². The molecule has 3 heteroatoms. The Morgan fingerprint density at radius 2 is 1.92 bits per heavy atom. The summed E-state index contributed by atoms with van der Waals surface area (Å²) in [7, 11) is 0. The summed E-state index contributed by atoms with van der Waals surface area (Å²) in [4.78, 5) is 0. The van der Waals surface area contributed by atoms with Crippen molar-refractivity contribution in [1.29, 1.82) is 0 Å². The molecule has 0 atom stereocenters. The lowest BCUT2D eigenvalue weighted by Gasteiger charge is -2.24. The maximum Gasteiger partial charge on any atom is 0.0518 e. The van der Waals surface area contributed by atoms with Gasteiger partial charge in [0.2, 0.25) is 0 Å². The molecule has 3 N–H and O–H groups in total. The number of hydrogen-bond acceptors (Lipinski definition) is 3. The topological polar surface area (TPSA) is 52.5 Å². The summed E-state index contributed by atoms with van der Waals surface area (Å²) in [6.45, 7) is 5.42. The first kappa shape index (κ1) is 12.6. The third kappa shape index (κ3) is 5.80. The highest BCUT2D eigenvalue weighted by atomic mass is 16.3. The molecule has 0 heterocycles. The maximum atomic E-state index is 8.97. The van der Waals surface area contributed by atoms with Crippen LogP contribution in [0.1, 0.15) is 20.3 Å². The molecule has 0 saturated heterocycles. The highest BCUT2D eigenvalue weighted by Crippen LogP contribution is 2.11. The highest BCUT2D eigenvalue weighted by molar-refractivity contribution is 4.79. The van der Waals surface area contributed by atoms with Crippen LogP contribution < -0.4 is 5.32 Å². The third-order valence-electron chi connectivity index (χ3n) is 2.04. The van der Waals surface area contributed by atoms with E-state index in [4.69, 9.17) is 10.2 Å². The summed E-state index contributed by atoms with van der Waals surface area (Å²) < 4.78 is 0. The number of aliphatic hydroxyl groups is 2. The van der Waals surface area contributed by atoms with Crippen LogP contribution in [0.25, 0.3) is 0 Å². The van der Waals surface area contributed by atoms with Crippen LogP contribution >= 0.6 is 0 Å². The average Bonchev–Trinajstić information content (AvgIpc) is 2.17. The fourth-order valence-corrected chi connectivity index (χ4v) is 0.904. The van der Waals surface area contributed by atoms with Gasteiger partial charge in [-0.05, 0) is 19.9 Å². The molecule has 0 rings (SSSR count). The van der Waals surface area contributed by atoms with Crippen molar-refractivity contribution in [3.63, 3.8) is 0 Å². The summed E-state index contributed by atoms with van der Waals surface area (Å²) >= 11 is 0. The number of allylic oxidation sites excluding steroid dienone is 1. The van der Waals surface area contributed by atoms with Gasteiger partial charge in [-0.15, -0.1) is 0 Å². The molecule has 0 fully saturated rings. The van der Waals surface area contributed by atoms with Crippen molar-refractivity contribution in [2.75, 3.05) is 26.3 Å². The van der Waals surface area contributed by atoms with Crippen LogP contribution in [0.4, 0.5) is 0 Å². The predicted octanol–water partition coefficient (Wildman–Crippen LogP) is 0.533. The number of rotatable bonds is 7. The van der Waals surface area contributed by atoms with Crippen LogP contribution in [-0.4, -0.2) is 36.5 Å². The van der Waals surface area contributed by atoms with Crippen molar-refractivity contribution in [3.05, 3.63) is 12.2 Å². The standard InChI is InChI=1S/C10H21NO2/c1-3-4-5-6-11-7-10(2,8-12)9-13/h3-4,11-13H,5-9H2,1-2H3/b4-3+. The summed E-state index contributed by atoms with van der Waals surface area (Å²) in [5.74, 6) is 0. The Kier molecular flexibility index (Phi) is 6.86. The molecule has 13 heavy (non-hydrogen) atoms. The Balaban J connectivity index is 3.49. The van der Waals surface area contributed by atoms with Gasteiger partial charge in [0.15, 0.2) is 0 Å². The molecule has 3 nitrogen and oxygen atoms in total. The first-order valence-corrected chi connectivity index (χ1v) is 4.72. The molecule has 0 aliphatic carbocycles.